The van der Waals surface area contributed by atoms with Gasteiger partial charge in [-0.1, -0.05) is 0 Å². The summed E-state index contributed by atoms with van der Waals surface area (Å²) in [6.45, 7) is 2.33. The summed E-state index contributed by atoms with van der Waals surface area (Å²) in [5.41, 5.74) is 3.15. The number of hydrogen-bond acceptors (Lipinski definition) is 1. The van der Waals surface area contributed by atoms with Gasteiger partial charge in [-0.15, -0.1) is 0 Å². The number of hydrogen-bond donors (Lipinski definition) is 0. The fourth-order valence-electron chi connectivity index (χ4n) is 2.23. The molecule has 1 nitrogen and oxygen atoms in total. The van der Waals surface area contributed by atoms with Crippen LogP contribution in [0.25, 0.3) is 9.65 Å². The summed E-state index contributed by atoms with van der Waals surface area (Å²) >= 11 is 0.608. The SMILES string of the molecule is CN1CCc2c[se]c3cccc(c23)C1. The molecule has 1 aromatic heterocycles. The molecule has 0 radical (unpaired) electrons. The molecule has 0 saturated heterocycles. The molecule has 0 atom stereocenters. The van der Waals surface area contributed by atoms with E-state index in [4.69, 9.17) is 0 Å². The van der Waals surface area contributed by atoms with Crippen molar-refractivity contribution in [1.29, 1.82) is 0 Å². The van der Waals surface area contributed by atoms with E-state index < -0.39 is 0 Å². The zero-order valence-corrected chi connectivity index (χ0v) is 10.00. The molecule has 0 aliphatic carbocycles. The Balaban J connectivity index is 2.31. The molecule has 2 heteroatoms. The molecule has 1 aliphatic heterocycles. The first-order valence-corrected chi connectivity index (χ1v) is 6.85. The van der Waals surface area contributed by atoms with E-state index in [-0.39, 0.29) is 0 Å². The van der Waals surface area contributed by atoms with Gasteiger partial charge in [0.25, 0.3) is 0 Å². The quantitative estimate of drug-likeness (QED) is 0.645. The predicted octanol–water partition coefficient (Wildman–Crippen LogP) is 1.88. The molecule has 0 unspecified atom stereocenters. The molecule has 14 heavy (non-hydrogen) atoms. The summed E-state index contributed by atoms with van der Waals surface area (Å²) in [6.07, 6.45) is 1.24. The molecule has 0 amide bonds. The van der Waals surface area contributed by atoms with Crippen LogP contribution >= 0.6 is 0 Å². The van der Waals surface area contributed by atoms with Crippen LogP contribution in [-0.4, -0.2) is 33.0 Å². The molecule has 1 aromatic carbocycles. The van der Waals surface area contributed by atoms with E-state index in [1.165, 1.54) is 18.5 Å². The average molecular weight is 250 g/mol. The Morgan fingerprint density at radius 3 is 3.14 bits per heavy atom. The summed E-state index contributed by atoms with van der Waals surface area (Å²) in [4.78, 5) is 4.89. The van der Waals surface area contributed by atoms with Crippen LogP contribution in [0.2, 0.25) is 0 Å². The third-order valence-corrected chi connectivity index (χ3v) is 5.06. The van der Waals surface area contributed by atoms with E-state index in [1.807, 2.05) is 0 Å². The van der Waals surface area contributed by atoms with Crippen molar-refractivity contribution in [3.63, 3.8) is 0 Å². The summed E-state index contributed by atoms with van der Waals surface area (Å²) in [5, 5.41) is 1.59. The topological polar surface area (TPSA) is 3.24 Å². The van der Waals surface area contributed by atoms with E-state index in [0.717, 1.165) is 6.54 Å². The van der Waals surface area contributed by atoms with Gasteiger partial charge in [-0.3, -0.25) is 0 Å². The molecular formula is C12H13NSe. The fourth-order valence-corrected chi connectivity index (χ4v) is 4.42. The Morgan fingerprint density at radius 1 is 1.29 bits per heavy atom. The van der Waals surface area contributed by atoms with Crippen molar-refractivity contribution in [1.82, 2.24) is 4.90 Å². The monoisotopic (exact) mass is 251 g/mol. The van der Waals surface area contributed by atoms with Gasteiger partial charge in [-0.2, -0.15) is 0 Å². The second-order valence-electron chi connectivity index (χ2n) is 4.04. The van der Waals surface area contributed by atoms with Crippen molar-refractivity contribution >= 4 is 24.1 Å². The van der Waals surface area contributed by atoms with Gasteiger partial charge < -0.3 is 0 Å². The van der Waals surface area contributed by atoms with Crippen molar-refractivity contribution < 1.29 is 0 Å². The summed E-state index contributed by atoms with van der Waals surface area (Å²) in [5.74, 6) is 0. The zero-order chi connectivity index (χ0) is 9.54. The molecule has 0 saturated carbocycles. The minimum atomic E-state index is 0.608. The molecule has 0 bridgehead atoms. The molecule has 3 rings (SSSR count). The number of benzene rings is 1. The second kappa shape index (κ2) is 3.23. The second-order valence-corrected chi connectivity index (χ2v) is 5.95. The van der Waals surface area contributed by atoms with Crippen LogP contribution in [0.1, 0.15) is 11.1 Å². The first kappa shape index (κ1) is 8.72. The normalized spacial score (nSPS) is 17.2. The van der Waals surface area contributed by atoms with Crippen molar-refractivity contribution in [2.24, 2.45) is 0 Å². The van der Waals surface area contributed by atoms with Gasteiger partial charge in [-0.25, -0.2) is 0 Å². The number of nitrogens with zero attached hydrogens (tertiary/aromatic N) is 1. The van der Waals surface area contributed by atoms with E-state index in [1.54, 1.807) is 15.2 Å². The van der Waals surface area contributed by atoms with Gasteiger partial charge in [0, 0.05) is 0 Å². The van der Waals surface area contributed by atoms with Gasteiger partial charge in [0.15, 0.2) is 0 Å². The van der Waals surface area contributed by atoms with E-state index in [9.17, 15) is 0 Å². The maximum absolute atomic E-state index is 2.47. The van der Waals surface area contributed by atoms with Crippen LogP contribution in [-0.2, 0) is 13.0 Å². The Labute approximate surface area is 90.1 Å². The molecule has 72 valence electrons. The molecular weight excluding hydrogens is 237 g/mol. The van der Waals surface area contributed by atoms with Crippen molar-refractivity contribution in [2.45, 2.75) is 13.0 Å². The standard InChI is InChI=1S/C12H13NSe/c1-13-6-5-10-8-14-11-4-2-3-9(7-13)12(10)11/h2-4,8H,5-7H2,1H3. The van der Waals surface area contributed by atoms with E-state index >= 15 is 0 Å². The average Bonchev–Trinajstić information content (AvgIpc) is 2.51. The number of rotatable bonds is 0. The molecule has 2 heterocycles. The summed E-state index contributed by atoms with van der Waals surface area (Å²) in [7, 11) is 2.21. The first-order valence-electron chi connectivity index (χ1n) is 5.01. The predicted molar refractivity (Wildman–Crippen MR) is 60.9 cm³/mol. The van der Waals surface area contributed by atoms with Crippen molar-refractivity contribution in [2.75, 3.05) is 13.6 Å². The molecule has 1 aliphatic rings. The zero-order valence-electron chi connectivity index (χ0n) is 8.29. The van der Waals surface area contributed by atoms with Crippen molar-refractivity contribution in [3.8, 4) is 0 Å². The Bertz CT molecular complexity index is 472. The first-order chi connectivity index (χ1) is 6.84. The van der Waals surface area contributed by atoms with Crippen LogP contribution in [0.4, 0.5) is 0 Å². The third-order valence-electron chi connectivity index (χ3n) is 2.96. The molecule has 2 aromatic rings. The fraction of sp³-hybridized carbons (Fsp3) is 0.333. The molecule has 0 N–H and O–H groups in total. The van der Waals surface area contributed by atoms with E-state index in [0.29, 0.717) is 14.5 Å². The van der Waals surface area contributed by atoms with Gasteiger partial charge in [0.1, 0.15) is 0 Å². The Hall–Kier alpha value is -0.561. The van der Waals surface area contributed by atoms with Gasteiger partial charge in [-0.05, 0) is 0 Å². The third kappa shape index (κ3) is 1.26. The van der Waals surface area contributed by atoms with Gasteiger partial charge >= 0.3 is 89.9 Å². The van der Waals surface area contributed by atoms with Crippen LogP contribution < -0.4 is 0 Å². The Morgan fingerprint density at radius 2 is 2.21 bits per heavy atom. The summed E-state index contributed by atoms with van der Waals surface area (Å²) in [6, 6.07) is 6.80. The van der Waals surface area contributed by atoms with E-state index in [2.05, 4.69) is 35.1 Å². The van der Waals surface area contributed by atoms with Crippen LogP contribution in [0, 0.1) is 0 Å². The minimum absolute atomic E-state index is 0.608. The van der Waals surface area contributed by atoms with Crippen LogP contribution in [0.3, 0.4) is 0 Å². The number of likely N-dealkylation sites (N-methyl/N-ethyl adjacent to an activating group) is 1. The molecule has 0 spiro atoms. The molecule has 0 fully saturated rings. The van der Waals surface area contributed by atoms with Gasteiger partial charge in [0.05, 0.1) is 0 Å². The summed E-state index contributed by atoms with van der Waals surface area (Å²) < 4.78 is 1.60. The van der Waals surface area contributed by atoms with Gasteiger partial charge in [0.2, 0.25) is 0 Å². The Kier molecular flexibility index (Phi) is 2.01. The maximum atomic E-state index is 2.47. The van der Waals surface area contributed by atoms with Crippen molar-refractivity contribution in [3.05, 3.63) is 34.3 Å². The van der Waals surface area contributed by atoms with Crippen LogP contribution in [0.15, 0.2) is 23.1 Å². The van der Waals surface area contributed by atoms with Crippen LogP contribution in [0.5, 0.6) is 0 Å².